The van der Waals surface area contributed by atoms with E-state index in [1.165, 1.54) is 5.75 Å². The Bertz CT molecular complexity index is 235. The molecule has 0 unspecified atom stereocenters. The summed E-state index contributed by atoms with van der Waals surface area (Å²) in [5, 5.41) is 7.50. The smallest absolute Gasteiger partial charge is 0.0762 e. The van der Waals surface area contributed by atoms with E-state index >= 15 is 0 Å². The van der Waals surface area contributed by atoms with Crippen LogP contribution in [0.5, 0.6) is 0 Å². The number of aryl methyl sites for hydroxylation is 1. The molecule has 0 aromatic carbocycles. The maximum absolute atomic E-state index is 4.41. The molecule has 3 nitrogen and oxygen atoms in total. The summed E-state index contributed by atoms with van der Waals surface area (Å²) in [6, 6.07) is 2.06. The van der Waals surface area contributed by atoms with Crippen molar-refractivity contribution in [3.8, 4) is 0 Å². The van der Waals surface area contributed by atoms with E-state index in [0.717, 1.165) is 24.5 Å². The van der Waals surface area contributed by atoms with Gasteiger partial charge in [0.05, 0.1) is 5.69 Å². The first-order valence-electron chi connectivity index (χ1n) is 4.61. The van der Waals surface area contributed by atoms with Gasteiger partial charge in [-0.25, -0.2) is 0 Å². The van der Waals surface area contributed by atoms with Crippen LogP contribution in [0.2, 0.25) is 0 Å². The van der Waals surface area contributed by atoms with Crippen LogP contribution in [0.15, 0.2) is 12.3 Å². The molecule has 0 bridgehead atoms. The maximum Gasteiger partial charge on any atom is 0.0762 e. The molecule has 0 saturated heterocycles. The molecular formula is C9H17N3S. The predicted molar refractivity (Wildman–Crippen MR) is 58.0 cm³/mol. The lowest BCUT2D eigenvalue weighted by molar-refractivity contribution is 0.643. The zero-order valence-corrected chi connectivity index (χ0v) is 9.10. The molecule has 0 aliphatic carbocycles. The fourth-order valence-electron chi connectivity index (χ4n) is 1.11. The van der Waals surface area contributed by atoms with Gasteiger partial charge in [0.1, 0.15) is 0 Å². The average Bonchev–Trinajstić information content (AvgIpc) is 2.54. The number of hydrogen-bond acceptors (Lipinski definition) is 3. The SMILES string of the molecule is CCSCCn1ccc(CNC)n1. The van der Waals surface area contributed by atoms with Crippen LogP contribution in [0.4, 0.5) is 0 Å². The second-order valence-corrected chi connectivity index (χ2v) is 4.19. The van der Waals surface area contributed by atoms with Gasteiger partial charge >= 0.3 is 0 Å². The molecule has 0 aliphatic rings. The Morgan fingerprint density at radius 1 is 1.62 bits per heavy atom. The number of rotatable bonds is 6. The molecule has 0 saturated carbocycles. The summed E-state index contributed by atoms with van der Waals surface area (Å²) in [4.78, 5) is 0. The van der Waals surface area contributed by atoms with Crippen LogP contribution in [0.3, 0.4) is 0 Å². The van der Waals surface area contributed by atoms with Crippen LogP contribution < -0.4 is 5.32 Å². The van der Waals surface area contributed by atoms with E-state index in [1.807, 2.05) is 29.7 Å². The summed E-state index contributed by atoms with van der Waals surface area (Å²) in [7, 11) is 1.94. The number of nitrogens with one attached hydrogen (secondary N) is 1. The topological polar surface area (TPSA) is 29.9 Å². The molecule has 1 aromatic heterocycles. The molecule has 0 fully saturated rings. The first-order chi connectivity index (χ1) is 6.36. The minimum absolute atomic E-state index is 0.855. The minimum atomic E-state index is 0.855. The van der Waals surface area contributed by atoms with Gasteiger partial charge < -0.3 is 5.32 Å². The van der Waals surface area contributed by atoms with E-state index in [4.69, 9.17) is 0 Å². The normalized spacial score (nSPS) is 10.6. The zero-order valence-electron chi connectivity index (χ0n) is 8.29. The van der Waals surface area contributed by atoms with Crippen LogP contribution in [0.1, 0.15) is 12.6 Å². The van der Waals surface area contributed by atoms with Gasteiger partial charge in [0, 0.05) is 25.0 Å². The zero-order chi connectivity index (χ0) is 9.52. The second-order valence-electron chi connectivity index (χ2n) is 2.80. The van der Waals surface area contributed by atoms with Crippen molar-refractivity contribution in [2.75, 3.05) is 18.6 Å². The Hall–Kier alpha value is -0.480. The monoisotopic (exact) mass is 199 g/mol. The Balaban J connectivity index is 2.31. The van der Waals surface area contributed by atoms with Gasteiger partial charge in [0.2, 0.25) is 0 Å². The lowest BCUT2D eigenvalue weighted by Crippen LogP contribution is -2.07. The molecule has 0 aliphatic heterocycles. The summed E-state index contributed by atoms with van der Waals surface area (Å²) in [6.07, 6.45) is 2.04. The number of thioether (sulfide) groups is 1. The Morgan fingerprint density at radius 2 is 2.46 bits per heavy atom. The first kappa shape index (κ1) is 10.6. The molecular weight excluding hydrogens is 182 g/mol. The molecule has 0 amide bonds. The van der Waals surface area contributed by atoms with Crippen molar-refractivity contribution in [1.29, 1.82) is 0 Å². The molecule has 1 aromatic rings. The molecule has 0 atom stereocenters. The fraction of sp³-hybridized carbons (Fsp3) is 0.667. The van der Waals surface area contributed by atoms with Gasteiger partial charge in [-0.05, 0) is 18.9 Å². The van der Waals surface area contributed by atoms with E-state index in [9.17, 15) is 0 Å². The first-order valence-corrected chi connectivity index (χ1v) is 5.77. The van der Waals surface area contributed by atoms with E-state index in [-0.39, 0.29) is 0 Å². The van der Waals surface area contributed by atoms with Gasteiger partial charge in [-0.15, -0.1) is 0 Å². The highest BCUT2D eigenvalue weighted by atomic mass is 32.2. The molecule has 74 valence electrons. The number of hydrogen-bond donors (Lipinski definition) is 1. The Labute approximate surface area is 83.9 Å². The molecule has 13 heavy (non-hydrogen) atoms. The second kappa shape index (κ2) is 6.05. The fourth-order valence-corrected chi connectivity index (χ4v) is 1.71. The number of aromatic nitrogens is 2. The molecule has 0 radical (unpaired) electrons. The van der Waals surface area contributed by atoms with Gasteiger partial charge in [-0.2, -0.15) is 16.9 Å². The molecule has 4 heteroatoms. The Morgan fingerprint density at radius 3 is 3.15 bits per heavy atom. The van der Waals surface area contributed by atoms with Crippen LogP contribution in [0, 0.1) is 0 Å². The molecule has 1 rings (SSSR count). The van der Waals surface area contributed by atoms with Crippen molar-refractivity contribution in [1.82, 2.24) is 15.1 Å². The van der Waals surface area contributed by atoms with E-state index in [1.54, 1.807) is 0 Å². The lowest BCUT2D eigenvalue weighted by atomic mass is 10.4. The van der Waals surface area contributed by atoms with Crippen molar-refractivity contribution in [3.05, 3.63) is 18.0 Å². The van der Waals surface area contributed by atoms with Gasteiger partial charge in [0.15, 0.2) is 0 Å². The summed E-state index contributed by atoms with van der Waals surface area (Å²) in [5.41, 5.74) is 1.11. The highest BCUT2D eigenvalue weighted by Crippen LogP contribution is 2.01. The third kappa shape index (κ3) is 3.83. The van der Waals surface area contributed by atoms with Crippen molar-refractivity contribution >= 4 is 11.8 Å². The third-order valence-electron chi connectivity index (χ3n) is 1.72. The van der Waals surface area contributed by atoms with Gasteiger partial charge in [-0.1, -0.05) is 6.92 Å². The van der Waals surface area contributed by atoms with Crippen LogP contribution >= 0.6 is 11.8 Å². The van der Waals surface area contributed by atoms with E-state index < -0.39 is 0 Å². The third-order valence-corrected chi connectivity index (χ3v) is 2.60. The van der Waals surface area contributed by atoms with Crippen LogP contribution in [-0.4, -0.2) is 28.3 Å². The molecule has 1 N–H and O–H groups in total. The quantitative estimate of drug-likeness (QED) is 0.702. The van der Waals surface area contributed by atoms with E-state index in [0.29, 0.717) is 0 Å². The predicted octanol–water partition coefficient (Wildman–Crippen LogP) is 1.36. The van der Waals surface area contributed by atoms with Crippen molar-refractivity contribution in [2.24, 2.45) is 0 Å². The summed E-state index contributed by atoms with van der Waals surface area (Å²) in [5.74, 6) is 2.34. The molecule has 0 spiro atoms. The lowest BCUT2D eigenvalue weighted by Gasteiger charge is -1.99. The summed E-state index contributed by atoms with van der Waals surface area (Å²) < 4.78 is 2.01. The Kier molecular flexibility index (Phi) is 4.93. The highest BCUT2D eigenvalue weighted by Gasteiger charge is 1.96. The van der Waals surface area contributed by atoms with E-state index in [2.05, 4.69) is 23.4 Å². The largest absolute Gasteiger partial charge is 0.314 e. The highest BCUT2D eigenvalue weighted by molar-refractivity contribution is 7.99. The van der Waals surface area contributed by atoms with Crippen molar-refractivity contribution in [3.63, 3.8) is 0 Å². The summed E-state index contributed by atoms with van der Waals surface area (Å²) >= 11 is 1.95. The average molecular weight is 199 g/mol. The van der Waals surface area contributed by atoms with Gasteiger partial charge in [-0.3, -0.25) is 4.68 Å². The van der Waals surface area contributed by atoms with Crippen LogP contribution in [0.25, 0.3) is 0 Å². The summed E-state index contributed by atoms with van der Waals surface area (Å²) in [6.45, 7) is 4.05. The molecule has 1 heterocycles. The van der Waals surface area contributed by atoms with Crippen molar-refractivity contribution < 1.29 is 0 Å². The standard InChI is InChI=1S/C9H17N3S/c1-3-13-7-6-12-5-4-9(11-12)8-10-2/h4-5,10H,3,6-8H2,1-2H3. The van der Waals surface area contributed by atoms with Crippen LogP contribution in [-0.2, 0) is 13.1 Å². The number of nitrogens with zero attached hydrogens (tertiary/aromatic N) is 2. The van der Waals surface area contributed by atoms with Crippen molar-refractivity contribution in [2.45, 2.75) is 20.0 Å². The maximum atomic E-state index is 4.41. The van der Waals surface area contributed by atoms with Gasteiger partial charge in [0.25, 0.3) is 0 Å². The minimum Gasteiger partial charge on any atom is -0.314 e.